The first-order chi connectivity index (χ1) is 10.9. The molecule has 2 atom stereocenters. The van der Waals surface area contributed by atoms with Gasteiger partial charge in [0.15, 0.2) is 0 Å². The van der Waals surface area contributed by atoms with E-state index in [4.69, 9.17) is 9.47 Å². The van der Waals surface area contributed by atoms with Crippen molar-refractivity contribution in [2.24, 2.45) is 0 Å². The number of rotatable bonds is 6. The first-order valence-electron chi connectivity index (χ1n) is 7.70. The van der Waals surface area contributed by atoms with Gasteiger partial charge in [0.1, 0.15) is 19.2 Å². The van der Waals surface area contributed by atoms with Crippen molar-refractivity contribution < 1.29 is 32.2 Å². The van der Waals surface area contributed by atoms with Gasteiger partial charge >= 0.3 is 6.18 Å². The van der Waals surface area contributed by atoms with E-state index in [2.05, 4.69) is 0 Å². The fourth-order valence-corrected chi connectivity index (χ4v) is 2.78. The predicted octanol–water partition coefficient (Wildman–Crippen LogP) is 0.851. The quantitative estimate of drug-likeness (QED) is 0.780. The molecular formula is C14H21F3N2O4. The Morgan fingerprint density at radius 3 is 2.70 bits per heavy atom. The summed E-state index contributed by atoms with van der Waals surface area (Å²) in [7, 11) is 0. The van der Waals surface area contributed by atoms with Crippen molar-refractivity contribution in [3.63, 3.8) is 0 Å². The van der Waals surface area contributed by atoms with E-state index >= 15 is 0 Å². The molecule has 1 N–H and O–H groups in total. The summed E-state index contributed by atoms with van der Waals surface area (Å²) in [5.74, 6) is -1.15. The maximum absolute atomic E-state index is 12.1. The maximum Gasteiger partial charge on any atom is 0.405 e. The highest BCUT2D eigenvalue weighted by Gasteiger charge is 2.36. The Kier molecular flexibility index (Phi) is 6.23. The zero-order valence-electron chi connectivity index (χ0n) is 12.7. The molecule has 0 unspecified atom stereocenters. The Morgan fingerprint density at radius 1 is 1.26 bits per heavy atom. The van der Waals surface area contributed by atoms with Gasteiger partial charge in [-0.3, -0.25) is 9.59 Å². The number of ether oxygens (including phenoxy) is 2. The molecule has 2 aliphatic rings. The van der Waals surface area contributed by atoms with Crippen LogP contribution in [0, 0.1) is 0 Å². The van der Waals surface area contributed by atoms with E-state index in [9.17, 15) is 22.8 Å². The van der Waals surface area contributed by atoms with Crippen LogP contribution >= 0.6 is 0 Å². The summed E-state index contributed by atoms with van der Waals surface area (Å²) in [6, 6.07) is -0.851. The monoisotopic (exact) mass is 338 g/mol. The van der Waals surface area contributed by atoms with Gasteiger partial charge in [-0.15, -0.1) is 0 Å². The Bertz CT molecular complexity index is 425. The lowest BCUT2D eigenvalue weighted by atomic mass is 10.2. The molecule has 0 aromatic heterocycles. The van der Waals surface area contributed by atoms with Crippen LogP contribution in [0.25, 0.3) is 0 Å². The lowest BCUT2D eigenvalue weighted by Crippen LogP contribution is -2.49. The van der Waals surface area contributed by atoms with Crippen LogP contribution < -0.4 is 5.32 Å². The molecular weight excluding hydrogens is 317 g/mol. The third-order valence-corrected chi connectivity index (χ3v) is 3.89. The van der Waals surface area contributed by atoms with Crippen LogP contribution in [-0.4, -0.2) is 67.9 Å². The molecule has 2 amide bonds. The molecule has 0 aliphatic carbocycles. The van der Waals surface area contributed by atoms with Crippen molar-refractivity contribution in [2.45, 2.75) is 44.0 Å². The smallest absolute Gasteiger partial charge is 0.376 e. The minimum Gasteiger partial charge on any atom is -0.376 e. The van der Waals surface area contributed by atoms with Crippen LogP contribution in [0.2, 0.25) is 0 Å². The van der Waals surface area contributed by atoms with E-state index in [1.54, 1.807) is 0 Å². The summed E-state index contributed by atoms with van der Waals surface area (Å²) >= 11 is 0. The van der Waals surface area contributed by atoms with Gasteiger partial charge < -0.3 is 19.7 Å². The van der Waals surface area contributed by atoms with Crippen molar-refractivity contribution in [1.29, 1.82) is 0 Å². The van der Waals surface area contributed by atoms with Crippen LogP contribution in [0.5, 0.6) is 0 Å². The summed E-state index contributed by atoms with van der Waals surface area (Å²) in [6.45, 7) is -0.227. The molecule has 0 bridgehead atoms. The summed E-state index contributed by atoms with van der Waals surface area (Å²) in [4.78, 5) is 25.2. The molecule has 23 heavy (non-hydrogen) atoms. The molecule has 2 fully saturated rings. The first-order valence-corrected chi connectivity index (χ1v) is 7.70. The molecule has 2 saturated heterocycles. The Morgan fingerprint density at radius 2 is 2.04 bits per heavy atom. The van der Waals surface area contributed by atoms with E-state index in [-0.39, 0.29) is 18.6 Å². The fraction of sp³-hybridized carbons (Fsp3) is 0.857. The van der Waals surface area contributed by atoms with Gasteiger partial charge in [0.05, 0.1) is 12.7 Å². The van der Waals surface area contributed by atoms with Crippen LogP contribution in [0.1, 0.15) is 25.7 Å². The fourth-order valence-electron chi connectivity index (χ4n) is 2.78. The van der Waals surface area contributed by atoms with Crippen LogP contribution in [0.3, 0.4) is 0 Å². The zero-order valence-corrected chi connectivity index (χ0v) is 12.7. The highest BCUT2D eigenvalue weighted by atomic mass is 19.4. The molecule has 2 heterocycles. The van der Waals surface area contributed by atoms with Gasteiger partial charge in [-0.05, 0) is 25.7 Å². The number of alkyl halides is 3. The predicted molar refractivity (Wildman–Crippen MR) is 73.6 cm³/mol. The average Bonchev–Trinajstić information content (AvgIpc) is 3.14. The molecule has 0 aromatic rings. The van der Waals surface area contributed by atoms with Crippen molar-refractivity contribution in [1.82, 2.24) is 10.2 Å². The van der Waals surface area contributed by atoms with E-state index < -0.39 is 24.7 Å². The van der Waals surface area contributed by atoms with E-state index in [1.807, 2.05) is 5.32 Å². The molecule has 2 rings (SSSR count). The Balaban J connectivity index is 1.75. The molecule has 0 radical (unpaired) electrons. The van der Waals surface area contributed by atoms with Gasteiger partial charge in [-0.1, -0.05) is 0 Å². The average molecular weight is 338 g/mol. The van der Waals surface area contributed by atoms with Gasteiger partial charge in [0.25, 0.3) is 0 Å². The highest BCUT2D eigenvalue weighted by molar-refractivity contribution is 5.88. The van der Waals surface area contributed by atoms with Gasteiger partial charge in [0, 0.05) is 13.2 Å². The SMILES string of the molecule is O=C(NCC(F)(F)F)[C@@H]1CCCN1C(=O)COC[C@@H]1CCCO1. The van der Waals surface area contributed by atoms with Crippen LogP contribution in [0.15, 0.2) is 0 Å². The largest absolute Gasteiger partial charge is 0.405 e. The number of carbonyl (C=O) groups excluding carboxylic acids is 2. The number of nitrogens with one attached hydrogen (secondary N) is 1. The van der Waals surface area contributed by atoms with Gasteiger partial charge in [0.2, 0.25) is 11.8 Å². The summed E-state index contributed by atoms with van der Waals surface area (Å²) in [6.07, 6.45) is -1.67. The third-order valence-electron chi connectivity index (χ3n) is 3.89. The van der Waals surface area contributed by atoms with Crippen molar-refractivity contribution in [2.75, 3.05) is 32.9 Å². The second-order valence-corrected chi connectivity index (χ2v) is 5.73. The number of amides is 2. The third kappa shape index (κ3) is 5.65. The summed E-state index contributed by atoms with van der Waals surface area (Å²) in [5.41, 5.74) is 0. The second-order valence-electron chi connectivity index (χ2n) is 5.73. The van der Waals surface area contributed by atoms with Crippen molar-refractivity contribution in [3.8, 4) is 0 Å². The number of halogens is 3. The molecule has 0 saturated carbocycles. The minimum atomic E-state index is -4.46. The number of nitrogens with zero attached hydrogens (tertiary/aromatic N) is 1. The maximum atomic E-state index is 12.1. The van der Waals surface area contributed by atoms with Crippen LogP contribution in [-0.2, 0) is 19.1 Å². The molecule has 0 spiro atoms. The summed E-state index contributed by atoms with van der Waals surface area (Å²) in [5, 5.41) is 1.83. The first kappa shape index (κ1) is 18.0. The topological polar surface area (TPSA) is 67.9 Å². The molecule has 2 aliphatic heterocycles. The Labute approximate surface area is 132 Å². The van der Waals surface area contributed by atoms with Crippen LogP contribution in [0.4, 0.5) is 13.2 Å². The summed E-state index contributed by atoms with van der Waals surface area (Å²) < 4.78 is 47.1. The van der Waals surface area contributed by atoms with E-state index in [0.717, 1.165) is 12.8 Å². The van der Waals surface area contributed by atoms with E-state index in [0.29, 0.717) is 32.6 Å². The molecule has 132 valence electrons. The molecule has 6 nitrogen and oxygen atoms in total. The molecule has 9 heteroatoms. The lowest BCUT2D eigenvalue weighted by Gasteiger charge is -2.24. The molecule has 0 aromatic carbocycles. The standard InChI is InChI=1S/C14H21F3N2O4/c15-14(16,17)9-18-13(21)11-4-1-5-19(11)12(20)8-22-7-10-3-2-6-23-10/h10-11H,1-9H2,(H,18,21)/t10-,11-/m0/s1. The number of carbonyl (C=O) groups is 2. The van der Waals surface area contributed by atoms with Gasteiger partial charge in [-0.2, -0.15) is 13.2 Å². The van der Waals surface area contributed by atoms with Crippen molar-refractivity contribution in [3.05, 3.63) is 0 Å². The lowest BCUT2D eigenvalue weighted by molar-refractivity contribution is -0.147. The number of hydrogen-bond donors (Lipinski definition) is 1. The highest BCUT2D eigenvalue weighted by Crippen LogP contribution is 2.19. The zero-order chi connectivity index (χ0) is 16.9. The van der Waals surface area contributed by atoms with Gasteiger partial charge in [-0.25, -0.2) is 0 Å². The van der Waals surface area contributed by atoms with Crippen molar-refractivity contribution >= 4 is 11.8 Å². The second kappa shape index (κ2) is 7.96. The number of hydrogen-bond acceptors (Lipinski definition) is 4. The van der Waals surface area contributed by atoms with E-state index in [1.165, 1.54) is 4.90 Å². The Hall–Kier alpha value is -1.35. The minimum absolute atomic E-state index is 0.00717. The normalized spacial score (nSPS) is 24.9. The number of likely N-dealkylation sites (tertiary alicyclic amines) is 1.